The molecule has 2 atom stereocenters. The molecule has 0 bridgehead atoms. The summed E-state index contributed by atoms with van der Waals surface area (Å²) in [5.74, 6) is 0. The van der Waals surface area contributed by atoms with E-state index in [1.54, 1.807) is 12.2 Å². The van der Waals surface area contributed by atoms with Gasteiger partial charge in [0.2, 0.25) is 12.2 Å². The zero-order chi connectivity index (χ0) is 12.2. The Balaban J connectivity index is 2.90. The van der Waals surface area contributed by atoms with Gasteiger partial charge < -0.3 is 0 Å². The van der Waals surface area contributed by atoms with E-state index >= 15 is 0 Å². The Morgan fingerprint density at radius 3 is 2.50 bits per heavy atom. The van der Waals surface area contributed by atoms with Gasteiger partial charge in [0.05, 0.1) is 12.6 Å². The van der Waals surface area contributed by atoms with Crippen LogP contribution in [0.5, 0.6) is 0 Å². The van der Waals surface area contributed by atoms with Gasteiger partial charge in [-0.1, -0.05) is 20.8 Å². The molecule has 4 nitrogen and oxygen atoms in total. The monoisotopic (exact) mass is 222 g/mol. The molecule has 0 radical (unpaired) electrons. The van der Waals surface area contributed by atoms with Crippen LogP contribution in [0.2, 0.25) is 0 Å². The molecule has 2 unspecified atom stereocenters. The van der Waals surface area contributed by atoms with Crippen LogP contribution in [-0.2, 0) is 9.59 Å². The predicted octanol–water partition coefficient (Wildman–Crippen LogP) is 2.24. The summed E-state index contributed by atoms with van der Waals surface area (Å²) in [6.45, 7) is 6.90. The first kappa shape index (κ1) is 12.8. The van der Waals surface area contributed by atoms with Gasteiger partial charge in [0.1, 0.15) is 0 Å². The average Bonchev–Trinajstić information content (AvgIpc) is 2.22. The van der Waals surface area contributed by atoms with Gasteiger partial charge in [-0.3, -0.25) is 0 Å². The summed E-state index contributed by atoms with van der Waals surface area (Å²) in [5, 5.41) is 0. The Morgan fingerprint density at radius 2 is 1.94 bits per heavy atom. The minimum absolute atomic E-state index is 0.0253. The molecule has 0 aromatic rings. The first-order chi connectivity index (χ1) is 7.45. The third-order valence-electron chi connectivity index (χ3n) is 4.15. The number of hydrogen-bond acceptors (Lipinski definition) is 4. The summed E-state index contributed by atoms with van der Waals surface area (Å²) in [5.41, 5.74) is -0.00404. The molecule has 88 valence electrons. The summed E-state index contributed by atoms with van der Waals surface area (Å²) in [6.07, 6.45) is 5.88. The highest BCUT2D eigenvalue weighted by atomic mass is 16.1. The fourth-order valence-corrected chi connectivity index (χ4v) is 2.40. The number of rotatable bonds is 3. The van der Waals surface area contributed by atoms with Crippen molar-refractivity contribution in [2.24, 2.45) is 20.8 Å². The van der Waals surface area contributed by atoms with Gasteiger partial charge in [-0.15, -0.1) is 0 Å². The zero-order valence-corrected chi connectivity index (χ0v) is 10.1. The van der Waals surface area contributed by atoms with Crippen molar-refractivity contribution in [3.63, 3.8) is 0 Å². The van der Waals surface area contributed by atoms with Crippen molar-refractivity contribution >= 4 is 12.2 Å². The Kier molecular flexibility index (Phi) is 3.79. The standard InChI is InChI=1S/C12H18N2O2/c1-11(2)5-4-10(14-9-16)6-12(11,3)7-13-8-15/h10H,4-7H2,1-3H3. The van der Waals surface area contributed by atoms with E-state index in [9.17, 15) is 9.59 Å². The van der Waals surface area contributed by atoms with Crippen molar-refractivity contribution in [2.45, 2.75) is 46.1 Å². The molecular weight excluding hydrogens is 204 g/mol. The molecule has 0 spiro atoms. The lowest BCUT2D eigenvalue weighted by Gasteiger charge is -2.48. The van der Waals surface area contributed by atoms with Gasteiger partial charge in [0.25, 0.3) is 0 Å². The van der Waals surface area contributed by atoms with Crippen molar-refractivity contribution in [3.05, 3.63) is 0 Å². The molecule has 1 rings (SSSR count). The topological polar surface area (TPSA) is 58.9 Å². The van der Waals surface area contributed by atoms with Crippen molar-refractivity contribution in [2.75, 3.05) is 6.54 Å². The largest absolute Gasteiger partial charge is 0.235 e. The number of isocyanates is 2. The molecule has 0 saturated heterocycles. The molecule has 0 aromatic heterocycles. The van der Waals surface area contributed by atoms with Gasteiger partial charge in [-0.05, 0) is 30.1 Å². The van der Waals surface area contributed by atoms with E-state index in [-0.39, 0.29) is 16.9 Å². The fraction of sp³-hybridized carbons (Fsp3) is 0.833. The molecular formula is C12H18N2O2. The van der Waals surface area contributed by atoms with E-state index in [2.05, 4.69) is 30.8 Å². The second-order valence-electron chi connectivity index (χ2n) is 5.47. The lowest BCUT2D eigenvalue weighted by atomic mass is 9.57. The smallest absolute Gasteiger partial charge is 0.211 e. The summed E-state index contributed by atoms with van der Waals surface area (Å²) in [6, 6.07) is 0.0253. The number of aliphatic imine (C=N–C) groups is 2. The molecule has 4 heteroatoms. The predicted molar refractivity (Wildman–Crippen MR) is 60.6 cm³/mol. The molecule has 1 aliphatic carbocycles. The summed E-state index contributed by atoms with van der Waals surface area (Å²) < 4.78 is 0. The third-order valence-corrected chi connectivity index (χ3v) is 4.15. The Labute approximate surface area is 95.9 Å². The van der Waals surface area contributed by atoms with Crippen LogP contribution in [0.3, 0.4) is 0 Å². The summed E-state index contributed by atoms with van der Waals surface area (Å²) >= 11 is 0. The fourth-order valence-electron chi connectivity index (χ4n) is 2.40. The lowest BCUT2D eigenvalue weighted by Crippen LogP contribution is -2.44. The Hall–Kier alpha value is -1.24. The molecule has 0 N–H and O–H groups in total. The maximum absolute atomic E-state index is 10.3. The maximum atomic E-state index is 10.3. The van der Waals surface area contributed by atoms with Crippen molar-refractivity contribution < 1.29 is 9.59 Å². The zero-order valence-electron chi connectivity index (χ0n) is 10.1. The van der Waals surface area contributed by atoms with Crippen LogP contribution in [0.1, 0.15) is 40.0 Å². The van der Waals surface area contributed by atoms with Crippen molar-refractivity contribution in [3.8, 4) is 0 Å². The second kappa shape index (κ2) is 4.73. The van der Waals surface area contributed by atoms with Crippen molar-refractivity contribution in [1.29, 1.82) is 0 Å². The quantitative estimate of drug-likeness (QED) is 0.543. The van der Waals surface area contributed by atoms with Gasteiger partial charge in [0, 0.05) is 0 Å². The van der Waals surface area contributed by atoms with E-state index in [1.165, 1.54) is 0 Å². The van der Waals surface area contributed by atoms with Crippen LogP contribution >= 0.6 is 0 Å². The Morgan fingerprint density at radius 1 is 1.25 bits per heavy atom. The molecule has 0 heterocycles. The minimum atomic E-state index is -0.103. The van der Waals surface area contributed by atoms with Crippen LogP contribution in [0, 0.1) is 10.8 Å². The van der Waals surface area contributed by atoms with E-state index in [0.717, 1.165) is 19.3 Å². The number of hydrogen-bond donors (Lipinski definition) is 0. The summed E-state index contributed by atoms with van der Waals surface area (Å²) in [7, 11) is 0. The van der Waals surface area contributed by atoms with Gasteiger partial charge >= 0.3 is 0 Å². The van der Waals surface area contributed by atoms with Crippen molar-refractivity contribution in [1.82, 2.24) is 0 Å². The minimum Gasteiger partial charge on any atom is -0.211 e. The van der Waals surface area contributed by atoms with E-state index in [4.69, 9.17) is 0 Å². The van der Waals surface area contributed by atoms with Crippen LogP contribution in [0.4, 0.5) is 0 Å². The van der Waals surface area contributed by atoms with E-state index in [0.29, 0.717) is 6.54 Å². The van der Waals surface area contributed by atoms with Gasteiger partial charge in [0.15, 0.2) is 0 Å². The third kappa shape index (κ3) is 2.46. The highest BCUT2D eigenvalue weighted by molar-refractivity contribution is 5.34. The molecule has 0 aliphatic heterocycles. The highest BCUT2D eigenvalue weighted by Gasteiger charge is 2.45. The van der Waals surface area contributed by atoms with E-state index < -0.39 is 0 Å². The molecule has 0 amide bonds. The van der Waals surface area contributed by atoms with Crippen LogP contribution in [0.15, 0.2) is 9.98 Å². The average molecular weight is 222 g/mol. The molecule has 16 heavy (non-hydrogen) atoms. The van der Waals surface area contributed by atoms with Gasteiger partial charge in [-0.25, -0.2) is 19.6 Å². The van der Waals surface area contributed by atoms with Crippen LogP contribution < -0.4 is 0 Å². The normalized spacial score (nSPS) is 32.3. The van der Waals surface area contributed by atoms with Crippen LogP contribution in [0.25, 0.3) is 0 Å². The second-order valence-corrected chi connectivity index (χ2v) is 5.47. The molecule has 0 aromatic carbocycles. The summed E-state index contributed by atoms with van der Waals surface area (Å²) in [4.78, 5) is 28.0. The highest BCUT2D eigenvalue weighted by Crippen LogP contribution is 2.50. The molecule has 1 saturated carbocycles. The first-order valence-electron chi connectivity index (χ1n) is 5.56. The first-order valence-corrected chi connectivity index (χ1v) is 5.56. The molecule has 1 aliphatic rings. The maximum Gasteiger partial charge on any atom is 0.235 e. The number of carbonyl (C=O) groups excluding carboxylic acids is 2. The number of nitrogens with zero attached hydrogens (tertiary/aromatic N) is 2. The Bertz CT molecular complexity index is 352. The van der Waals surface area contributed by atoms with Crippen LogP contribution in [-0.4, -0.2) is 24.7 Å². The molecule has 1 fully saturated rings. The lowest BCUT2D eigenvalue weighted by molar-refractivity contribution is 0.0328. The van der Waals surface area contributed by atoms with E-state index in [1.807, 2.05) is 0 Å². The van der Waals surface area contributed by atoms with Gasteiger partial charge in [-0.2, -0.15) is 0 Å². The SMILES string of the molecule is CC1(C)CCC(N=C=O)CC1(C)CN=C=O.